The SMILES string of the molecule is CN[C@@H](C)C(=O)N[C@H](C(=O)N1CC[C@H]2NC[C@H](c3c[nH]c4ccccc34)[C@H]21)C1CCCCC1. The van der Waals surface area contributed by atoms with Gasteiger partial charge in [-0.2, -0.15) is 0 Å². The van der Waals surface area contributed by atoms with Crippen molar-refractivity contribution >= 4 is 22.7 Å². The highest BCUT2D eigenvalue weighted by Gasteiger charge is 2.49. The predicted molar refractivity (Wildman–Crippen MR) is 130 cm³/mol. The Hall–Kier alpha value is -2.38. The number of fused-ring (bicyclic) bond motifs is 2. The molecule has 0 bridgehead atoms. The van der Waals surface area contributed by atoms with Crippen LogP contribution in [0.3, 0.4) is 0 Å². The number of carbonyl (C=O) groups excluding carboxylic acids is 2. The van der Waals surface area contributed by atoms with Crippen LogP contribution in [0.25, 0.3) is 10.9 Å². The molecule has 7 nitrogen and oxygen atoms in total. The maximum absolute atomic E-state index is 14.1. The van der Waals surface area contributed by atoms with Crippen LogP contribution < -0.4 is 16.0 Å². The third-order valence-electron chi connectivity index (χ3n) is 8.28. The average molecular weight is 452 g/mol. The zero-order chi connectivity index (χ0) is 22.9. The summed E-state index contributed by atoms with van der Waals surface area (Å²) >= 11 is 0. The van der Waals surface area contributed by atoms with Crippen LogP contribution in [0.2, 0.25) is 0 Å². The van der Waals surface area contributed by atoms with Gasteiger partial charge in [-0.3, -0.25) is 9.59 Å². The lowest BCUT2D eigenvalue weighted by molar-refractivity contribution is -0.139. The number of para-hydroxylation sites is 1. The first-order chi connectivity index (χ1) is 16.1. The van der Waals surface area contributed by atoms with Crippen molar-refractivity contribution in [2.45, 2.75) is 75.5 Å². The van der Waals surface area contributed by atoms with Gasteiger partial charge in [0.15, 0.2) is 0 Å². The molecule has 2 amide bonds. The van der Waals surface area contributed by atoms with Gasteiger partial charge in [0.1, 0.15) is 6.04 Å². The Morgan fingerprint density at radius 2 is 1.91 bits per heavy atom. The van der Waals surface area contributed by atoms with E-state index in [1.807, 2.05) is 13.0 Å². The lowest BCUT2D eigenvalue weighted by Gasteiger charge is -2.36. The Kier molecular flexibility index (Phi) is 6.43. The smallest absolute Gasteiger partial charge is 0.245 e. The van der Waals surface area contributed by atoms with E-state index in [2.05, 4.69) is 50.2 Å². The van der Waals surface area contributed by atoms with Crippen LogP contribution in [0.15, 0.2) is 30.5 Å². The molecule has 1 aromatic carbocycles. The van der Waals surface area contributed by atoms with Crippen LogP contribution in [0.5, 0.6) is 0 Å². The Balaban J connectivity index is 1.42. The number of aromatic nitrogens is 1. The van der Waals surface area contributed by atoms with E-state index >= 15 is 0 Å². The van der Waals surface area contributed by atoms with Gasteiger partial charge in [0, 0.05) is 42.1 Å². The normalized spacial score (nSPS) is 27.5. The summed E-state index contributed by atoms with van der Waals surface area (Å²) in [6, 6.07) is 8.09. The Morgan fingerprint density at radius 3 is 2.70 bits per heavy atom. The van der Waals surface area contributed by atoms with E-state index in [9.17, 15) is 9.59 Å². The first kappa shape index (κ1) is 22.4. The largest absolute Gasteiger partial charge is 0.361 e. The zero-order valence-electron chi connectivity index (χ0n) is 19.8. The van der Waals surface area contributed by atoms with Gasteiger partial charge in [-0.1, -0.05) is 37.5 Å². The molecule has 3 aliphatic rings. The number of hydrogen-bond donors (Lipinski definition) is 4. The topological polar surface area (TPSA) is 89.3 Å². The van der Waals surface area contributed by atoms with Crippen molar-refractivity contribution in [3.05, 3.63) is 36.0 Å². The van der Waals surface area contributed by atoms with E-state index in [4.69, 9.17) is 0 Å². The standard InChI is InChI=1S/C26H37N5O2/c1-16(27-2)25(32)30-23(17-8-4-3-5-9-17)26(33)31-13-12-22-24(31)20(15-29-22)19-14-28-21-11-7-6-10-18(19)21/h6-7,10-11,14,16-17,20,22-24,27-29H,3-5,8-9,12-13,15H2,1-2H3,(H,30,32)/t16-,20+,22+,23-,24+/m0/s1. The third-order valence-corrected chi connectivity index (χ3v) is 8.28. The summed E-state index contributed by atoms with van der Waals surface area (Å²) in [4.78, 5) is 32.4. The number of nitrogens with zero attached hydrogens (tertiary/aromatic N) is 1. The Morgan fingerprint density at radius 1 is 1.12 bits per heavy atom. The van der Waals surface area contributed by atoms with Gasteiger partial charge in [-0.05, 0) is 50.8 Å². The van der Waals surface area contributed by atoms with Crippen LogP contribution in [-0.2, 0) is 9.59 Å². The molecule has 4 N–H and O–H groups in total. The third kappa shape index (κ3) is 4.17. The van der Waals surface area contributed by atoms with E-state index in [1.54, 1.807) is 7.05 Å². The molecule has 7 heteroatoms. The fraction of sp³-hybridized carbons (Fsp3) is 0.615. The number of hydrogen-bond acceptors (Lipinski definition) is 4. The number of benzene rings is 1. The molecule has 33 heavy (non-hydrogen) atoms. The van der Waals surface area contributed by atoms with Crippen LogP contribution in [0.4, 0.5) is 0 Å². The van der Waals surface area contributed by atoms with Crippen molar-refractivity contribution < 1.29 is 9.59 Å². The predicted octanol–water partition coefficient (Wildman–Crippen LogP) is 2.50. The van der Waals surface area contributed by atoms with Crippen molar-refractivity contribution in [1.82, 2.24) is 25.8 Å². The zero-order valence-corrected chi connectivity index (χ0v) is 19.8. The highest BCUT2D eigenvalue weighted by atomic mass is 16.2. The van der Waals surface area contributed by atoms with Gasteiger partial charge in [0.2, 0.25) is 11.8 Å². The molecule has 0 radical (unpaired) electrons. The minimum atomic E-state index is -0.434. The molecule has 5 atom stereocenters. The van der Waals surface area contributed by atoms with Gasteiger partial charge in [-0.15, -0.1) is 0 Å². The van der Waals surface area contributed by atoms with Crippen LogP contribution in [0, 0.1) is 5.92 Å². The highest BCUT2D eigenvalue weighted by Crippen LogP contribution is 2.39. The molecule has 1 aliphatic carbocycles. The van der Waals surface area contributed by atoms with E-state index in [1.165, 1.54) is 17.4 Å². The maximum atomic E-state index is 14.1. The van der Waals surface area contributed by atoms with Crippen LogP contribution in [0.1, 0.15) is 56.9 Å². The summed E-state index contributed by atoms with van der Waals surface area (Å²) in [5.74, 6) is 0.491. The molecular weight excluding hydrogens is 414 g/mol. The minimum Gasteiger partial charge on any atom is -0.361 e. The molecule has 2 aliphatic heterocycles. The summed E-state index contributed by atoms with van der Waals surface area (Å²) in [6.07, 6.45) is 8.60. The second kappa shape index (κ2) is 9.47. The summed E-state index contributed by atoms with van der Waals surface area (Å²) in [6.45, 7) is 3.47. The van der Waals surface area contributed by atoms with Gasteiger partial charge in [0.25, 0.3) is 0 Å². The van der Waals surface area contributed by atoms with Crippen molar-refractivity contribution in [2.24, 2.45) is 5.92 Å². The number of nitrogens with one attached hydrogen (secondary N) is 4. The van der Waals surface area contributed by atoms with Crippen molar-refractivity contribution in [3.63, 3.8) is 0 Å². The van der Waals surface area contributed by atoms with Gasteiger partial charge < -0.3 is 25.8 Å². The van der Waals surface area contributed by atoms with E-state index < -0.39 is 6.04 Å². The van der Waals surface area contributed by atoms with Gasteiger partial charge >= 0.3 is 0 Å². The molecule has 1 aromatic heterocycles. The summed E-state index contributed by atoms with van der Waals surface area (Å²) in [5, 5.41) is 11.1. The van der Waals surface area contributed by atoms with E-state index in [0.717, 1.165) is 50.7 Å². The maximum Gasteiger partial charge on any atom is 0.245 e. The average Bonchev–Trinajstić information content (AvgIpc) is 3.57. The lowest BCUT2D eigenvalue weighted by atomic mass is 9.82. The summed E-state index contributed by atoms with van der Waals surface area (Å²) in [5.41, 5.74) is 2.42. The van der Waals surface area contributed by atoms with E-state index in [0.29, 0.717) is 6.04 Å². The molecule has 1 saturated carbocycles. The molecule has 2 aromatic rings. The summed E-state index contributed by atoms with van der Waals surface area (Å²) in [7, 11) is 1.78. The molecule has 5 rings (SSSR count). The molecule has 3 heterocycles. The van der Waals surface area contributed by atoms with Crippen molar-refractivity contribution in [3.8, 4) is 0 Å². The fourth-order valence-electron chi connectivity index (χ4n) is 6.32. The monoisotopic (exact) mass is 451 g/mol. The summed E-state index contributed by atoms with van der Waals surface area (Å²) < 4.78 is 0. The fourth-order valence-corrected chi connectivity index (χ4v) is 6.32. The number of carbonyl (C=O) groups is 2. The molecule has 0 unspecified atom stereocenters. The van der Waals surface area contributed by atoms with Crippen molar-refractivity contribution in [1.29, 1.82) is 0 Å². The van der Waals surface area contributed by atoms with Gasteiger partial charge in [-0.25, -0.2) is 0 Å². The van der Waals surface area contributed by atoms with Crippen LogP contribution >= 0.6 is 0 Å². The second-order valence-electron chi connectivity index (χ2n) is 10.1. The Labute approximate surface area is 196 Å². The van der Waals surface area contributed by atoms with Crippen molar-refractivity contribution in [2.75, 3.05) is 20.1 Å². The quantitative estimate of drug-likeness (QED) is 0.543. The highest BCUT2D eigenvalue weighted by molar-refractivity contribution is 5.90. The molecule has 0 spiro atoms. The molecular formula is C26H37N5O2. The van der Waals surface area contributed by atoms with Gasteiger partial charge in [0.05, 0.1) is 12.1 Å². The number of H-pyrrole nitrogens is 1. The van der Waals surface area contributed by atoms with Crippen LogP contribution in [-0.4, -0.2) is 66.0 Å². The number of likely N-dealkylation sites (tertiary alicyclic amines) is 1. The number of amides is 2. The second-order valence-corrected chi connectivity index (χ2v) is 10.1. The lowest BCUT2D eigenvalue weighted by Crippen LogP contribution is -2.57. The molecule has 178 valence electrons. The first-order valence-corrected chi connectivity index (χ1v) is 12.7. The number of aromatic amines is 1. The Bertz CT molecular complexity index is 997. The number of likely N-dealkylation sites (N-methyl/N-ethyl adjacent to an activating group) is 1. The number of rotatable bonds is 6. The minimum absolute atomic E-state index is 0.0881. The first-order valence-electron chi connectivity index (χ1n) is 12.7. The van der Waals surface area contributed by atoms with E-state index in [-0.39, 0.29) is 35.7 Å². The molecule has 3 fully saturated rings. The molecule has 2 saturated heterocycles.